The number of carbonyl (C=O) groups excluding carboxylic acids is 1. The topological polar surface area (TPSA) is 88.8 Å². The zero-order chi connectivity index (χ0) is 15.9. The highest BCUT2D eigenvalue weighted by Gasteiger charge is 2.21. The van der Waals surface area contributed by atoms with Crippen molar-refractivity contribution in [2.75, 3.05) is 20.7 Å². The third-order valence-electron chi connectivity index (χ3n) is 3.02. The Morgan fingerprint density at radius 3 is 2.81 bits per heavy atom. The predicted octanol–water partition coefficient (Wildman–Crippen LogP) is 0.930. The highest BCUT2D eigenvalue weighted by atomic mass is 32.2. The second-order valence-electron chi connectivity index (χ2n) is 4.79. The van der Waals surface area contributed by atoms with E-state index < -0.39 is 16.2 Å². The van der Waals surface area contributed by atoms with Gasteiger partial charge >= 0.3 is 5.97 Å². The monoisotopic (exact) mass is 318 g/mol. The molecule has 0 radical (unpaired) electrons. The van der Waals surface area contributed by atoms with Gasteiger partial charge in [-0.15, -0.1) is 0 Å². The first-order chi connectivity index (χ1) is 9.85. The quantitative estimate of drug-likeness (QED) is 0.684. The average molecular weight is 318 g/mol. The van der Waals surface area contributed by atoms with Crippen LogP contribution in [-0.4, -0.2) is 45.4 Å². The Bertz CT molecular complexity index is 527. The van der Waals surface area contributed by atoms with Crippen LogP contribution in [0.4, 0.5) is 0 Å². The number of ether oxygens (including phenoxy) is 1. The van der Waals surface area contributed by atoms with Crippen molar-refractivity contribution in [2.24, 2.45) is 0 Å². The van der Waals surface area contributed by atoms with Crippen molar-refractivity contribution in [2.45, 2.75) is 32.2 Å². The zero-order valence-electron chi connectivity index (χ0n) is 12.5. The van der Waals surface area contributed by atoms with Gasteiger partial charge < -0.3 is 9.15 Å². The van der Waals surface area contributed by atoms with Gasteiger partial charge in [-0.05, 0) is 25.5 Å². The summed E-state index contributed by atoms with van der Waals surface area (Å²) in [6.07, 6.45) is 2.89. The van der Waals surface area contributed by atoms with Crippen molar-refractivity contribution >= 4 is 16.2 Å². The summed E-state index contributed by atoms with van der Waals surface area (Å²) in [5, 5.41) is 0. The molecule has 1 aromatic rings. The molecule has 21 heavy (non-hydrogen) atoms. The molecule has 0 bridgehead atoms. The van der Waals surface area contributed by atoms with Crippen LogP contribution in [0.15, 0.2) is 22.8 Å². The number of carbonyl (C=O) groups is 1. The Labute approximate surface area is 125 Å². The fourth-order valence-corrected chi connectivity index (χ4v) is 2.83. The van der Waals surface area contributed by atoms with Gasteiger partial charge in [0.05, 0.1) is 19.8 Å². The Morgan fingerprint density at radius 2 is 2.24 bits per heavy atom. The van der Waals surface area contributed by atoms with Gasteiger partial charge in [-0.1, -0.05) is 0 Å². The van der Waals surface area contributed by atoms with E-state index in [0.717, 1.165) is 10.1 Å². The summed E-state index contributed by atoms with van der Waals surface area (Å²) < 4.78 is 37.4. The lowest BCUT2D eigenvalue weighted by Gasteiger charge is -2.20. The summed E-state index contributed by atoms with van der Waals surface area (Å²) in [4.78, 5) is 11.0. The van der Waals surface area contributed by atoms with Crippen LogP contribution in [0.2, 0.25) is 0 Å². The van der Waals surface area contributed by atoms with Gasteiger partial charge in [0.1, 0.15) is 5.76 Å². The van der Waals surface area contributed by atoms with E-state index in [2.05, 4.69) is 9.46 Å². The molecule has 1 atom stereocenters. The molecule has 0 saturated carbocycles. The highest BCUT2D eigenvalue weighted by Crippen LogP contribution is 2.07. The molecule has 120 valence electrons. The summed E-state index contributed by atoms with van der Waals surface area (Å²) in [5.41, 5.74) is 0. The van der Waals surface area contributed by atoms with Crippen LogP contribution >= 0.6 is 0 Å². The first kappa shape index (κ1) is 17.7. The molecule has 0 amide bonds. The third-order valence-corrected chi connectivity index (χ3v) is 4.73. The summed E-state index contributed by atoms with van der Waals surface area (Å²) in [7, 11) is -0.919. The van der Waals surface area contributed by atoms with Crippen molar-refractivity contribution < 1.29 is 22.4 Å². The number of rotatable bonds is 9. The minimum atomic E-state index is -3.61. The first-order valence-electron chi connectivity index (χ1n) is 6.68. The standard InChI is InChI=1S/C13H22N2O5S/c1-11(6-7-12-5-4-10-20-12)14-21(17,18)15(2)9-8-13(16)19-3/h4-5,10-11,14H,6-9H2,1-3H3. The van der Waals surface area contributed by atoms with Crippen molar-refractivity contribution in [3.8, 4) is 0 Å². The van der Waals surface area contributed by atoms with Crippen molar-refractivity contribution in [1.82, 2.24) is 9.03 Å². The number of aryl methyl sites for hydroxylation is 1. The fraction of sp³-hybridized carbons (Fsp3) is 0.615. The van der Waals surface area contributed by atoms with Crippen LogP contribution in [0.25, 0.3) is 0 Å². The molecule has 7 nitrogen and oxygen atoms in total. The largest absolute Gasteiger partial charge is 0.469 e. The van der Waals surface area contributed by atoms with E-state index in [0.29, 0.717) is 12.8 Å². The SMILES string of the molecule is COC(=O)CCN(C)S(=O)(=O)NC(C)CCc1ccco1. The van der Waals surface area contributed by atoms with Gasteiger partial charge in [-0.25, -0.2) is 0 Å². The summed E-state index contributed by atoms with van der Waals surface area (Å²) in [5.74, 6) is 0.378. The maximum atomic E-state index is 12.0. The van der Waals surface area contributed by atoms with E-state index in [1.165, 1.54) is 14.2 Å². The number of nitrogens with one attached hydrogen (secondary N) is 1. The molecule has 1 aromatic heterocycles. The molecule has 1 rings (SSSR count). The van der Waals surface area contributed by atoms with Crippen molar-refractivity contribution in [3.05, 3.63) is 24.2 Å². The van der Waals surface area contributed by atoms with Gasteiger partial charge in [-0.3, -0.25) is 4.79 Å². The average Bonchev–Trinajstić information content (AvgIpc) is 2.94. The number of hydrogen-bond acceptors (Lipinski definition) is 5. The molecular weight excluding hydrogens is 296 g/mol. The molecule has 0 aromatic carbocycles. The van der Waals surface area contributed by atoms with Gasteiger partial charge in [0, 0.05) is 26.1 Å². The maximum Gasteiger partial charge on any atom is 0.306 e. The molecule has 0 aliphatic heterocycles. The maximum absolute atomic E-state index is 12.0. The van der Waals surface area contributed by atoms with Crippen LogP contribution < -0.4 is 4.72 Å². The lowest BCUT2D eigenvalue weighted by Crippen LogP contribution is -2.43. The van der Waals surface area contributed by atoms with Crippen molar-refractivity contribution in [3.63, 3.8) is 0 Å². The summed E-state index contributed by atoms with van der Waals surface area (Å²) in [6.45, 7) is 1.86. The lowest BCUT2D eigenvalue weighted by atomic mass is 10.2. The van der Waals surface area contributed by atoms with Crippen LogP contribution in [0.1, 0.15) is 25.5 Å². The number of furan rings is 1. The Kier molecular flexibility index (Phi) is 6.86. The number of nitrogens with zero attached hydrogens (tertiary/aromatic N) is 1. The molecule has 0 saturated heterocycles. The minimum absolute atomic E-state index is 0.0225. The van der Waals surface area contributed by atoms with Crippen molar-refractivity contribution in [1.29, 1.82) is 0 Å². The molecule has 0 aliphatic carbocycles. The first-order valence-corrected chi connectivity index (χ1v) is 8.12. The Morgan fingerprint density at radius 1 is 1.52 bits per heavy atom. The minimum Gasteiger partial charge on any atom is -0.469 e. The normalized spacial score (nSPS) is 13.3. The van der Waals surface area contributed by atoms with Gasteiger partial charge in [0.25, 0.3) is 10.2 Å². The van der Waals surface area contributed by atoms with E-state index >= 15 is 0 Å². The molecule has 0 aliphatic rings. The Hall–Kier alpha value is -1.38. The zero-order valence-corrected chi connectivity index (χ0v) is 13.4. The molecule has 1 heterocycles. The molecule has 1 unspecified atom stereocenters. The van der Waals surface area contributed by atoms with E-state index in [4.69, 9.17) is 4.42 Å². The van der Waals surface area contributed by atoms with E-state index in [1.54, 1.807) is 19.3 Å². The summed E-state index contributed by atoms with van der Waals surface area (Å²) >= 11 is 0. The van der Waals surface area contributed by atoms with Crippen LogP contribution in [0.5, 0.6) is 0 Å². The molecule has 1 N–H and O–H groups in total. The molecular formula is C13H22N2O5S. The smallest absolute Gasteiger partial charge is 0.306 e. The van der Waals surface area contributed by atoms with E-state index in [1.807, 2.05) is 6.07 Å². The van der Waals surface area contributed by atoms with E-state index in [-0.39, 0.29) is 19.0 Å². The number of esters is 1. The predicted molar refractivity (Wildman–Crippen MR) is 77.8 cm³/mol. The Balaban J connectivity index is 2.41. The van der Waals surface area contributed by atoms with Crippen LogP contribution in [-0.2, 0) is 26.2 Å². The second-order valence-corrected chi connectivity index (χ2v) is 6.60. The fourth-order valence-electron chi connectivity index (χ4n) is 1.69. The highest BCUT2D eigenvalue weighted by molar-refractivity contribution is 7.87. The van der Waals surface area contributed by atoms with Gasteiger partial charge in [0.15, 0.2) is 0 Å². The third kappa shape index (κ3) is 6.28. The molecule has 0 fully saturated rings. The van der Waals surface area contributed by atoms with Gasteiger partial charge in [-0.2, -0.15) is 17.4 Å². The molecule has 8 heteroatoms. The van der Waals surface area contributed by atoms with Crippen LogP contribution in [0.3, 0.4) is 0 Å². The van der Waals surface area contributed by atoms with E-state index in [9.17, 15) is 13.2 Å². The number of hydrogen-bond donors (Lipinski definition) is 1. The summed E-state index contributed by atoms with van der Waals surface area (Å²) in [6, 6.07) is 3.41. The van der Waals surface area contributed by atoms with Gasteiger partial charge in [0.2, 0.25) is 0 Å². The second kappa shape index (κ2) is 8.16. The number of methoxy groups -OCH3 is 1. The van der Waals surface area contributed by atoms with Crippen LogP contribution in [0, 0.1) is 0 Å². The molecule has 0 spiro atoms. The lowest BCUT2D eigenvalue weighted by molar-refractivity contribution is -0.140.